The van der Waals surface area contributed by atoms with E-state index in [1.54, 1.807) is 24.3 Å². The fourth-order valence-corrected chi connectivity index (χ4v) is 2.90. The molecule has 0 saturated carbocycles. The summed E-state index contributed by atoms with van der Waals surface area (Å²) in [4.78, 5) is 0.167. The minimum Gasteiger partial charge on any atom is -0.494 e. The lowest BCUT2D eigenvalue weighted by molar-refractivity contribution is 0.340. The Kier molecular flexibility index (Phi) is 6.05. The van der Waals surface area contributed by atoms with Crippen molar-refractivity contribution >= 4 is 21.6 Å². The van der Waals surface area contributed by atoms with Gasteiger partial charge >= 0.3 is 0 Å². The summed E-state index contributed by atoms with van der Waals surface area (Å²) in [6.45, 7) is 2.40. The van der Waals surface area contributed by atoms with Crippen molar-refractivity contribution in [1.29, 1.82) is 0 Å². The van der Waals surface area contributed by atoms with Crippen molar-refractivity contribution in [3.8, 4) is 17.6 Å². The second kappa shape index (κ2) is 8.02. The van der Waals surface area contributed by atoms with Gasteiger partial charge in [0.2, 0.25) is 10.0 Å². The second-order valence-corrected chi connectivity index (χ2v) is 6.68. The van der Waals surface area contributed by atoms with Crippen LogP contribution in [0, 0.1) is 11.8 Å². The molecule has 120 valence electrons. The van der Waals surface area contributed by atoms with Crippen LogP contribution in [0.3, 0.4) is 0 Å². The number of halogens is 1. The Bertz CT molecular complexity index is 821. The molecule has 0 bridgehead atoms. The molecule has 0 aliphatic carbocycles. The molecule has 0 spiro atoms. The second-order valence-electron chi connectivity index (χ2n) is 4.51. The molecule has 2 rings (SSSR count). The van der Waals surface area contributed by atoms with E-state index in [2.05, 4.69) is 16.6 Å². The molecule has 0 saturated heterocycles. The van der Waals surface area contributed by atoms with E-state index in [9.17, 15) is 8.42 Å². The smallest absolute Gasteiger partial charge is 0.241 e. The first-order valence-electron chi connectivity index (χ1n) is 6.99. The van der Waals surface area contributed by atoms with Gasteiger partial charge in [0.25, 0.3) is 0 Å². The third-order valence-electron chi connectivity index (χ3n) is 2.89. The Morgan fingerprint density at radius 1 is 1.13 bits per heavy atom. The molecule has 6 heteroatoms. The molecular formula is C17H16ClNO3S. The molecule has 4 nitrogen and oxygen atoms in total. The van der Waals surface area contributed by atoms with Crippen molar-refractivity contribution < 1.29 is 13.2 Å². The zero-order chi connectivity index (χ0) is 16.7. The van der Waals surface area contributed by atoms with Crippen LogP contribution in [0.15, 0.2) is 53.4 Å². The number of sulfonamides is 1. The molecule has 0 unspecified atom stereocenters. The van der Waals surface area contributed by atoms with Crippen LogP contribution in [0.4, 0.5) is 0 Å². The van der Waals surface area contributed by atoms with E-state index in [0.29, 0.717) is 22.9 Å². The van der Waals surface area contributed by atoms with E-state index in [0.717, 1.165) is 0 Å². The lowest BCUT2D eigenvalue weighted by atomic mass is 10.2. The van der Waals surface area contributed by atoms with Crippen molar-refractivity contribution in [2.75, 3.05) is 13.2 Å². The predicted molar refractivity (Wildman–Crippen MR) is 91.1 cm³/mol. The van der Waals surface area contributed by atoms with Gasteiger partial charge in [-0.2, -0.15) is 4.72 Å². The Morgan fingerprint density at radius 3 is 2.48 bits per heavy atom. The van der Waals surface area contributed by atoms with E-state index >= 15 is 0 Å². The van der Waals surface area contributed by atoms with Crippen molar-refractivity contribution in [3.63, 3.8) is 0 Å². The Balaban J connectivity index is 2.01. The van der Waals surface area contributed by atoms with Gasteiger partial charge in [0.05, 0.1) is 23.1 Å². The monoisotopic (exact) mass is 349 g/mol. The Labute approximate surface area is 141 Å². The Morgan fingerprint density at radius 2 is 1.83 bits per heavy atom. The normalized spacial score (nSPS) is 10.7. The molecule has 2 aromatic rings. The average molecular weight is 350 g/mol. The maximum absolute atomic E-state index is 12.1. The van der Waals surface area contributed by atoms with Crippen LogP contribution in [0.5, 0.6) is 5.75 Å². The van der Waals surface area contributed by atoms with Crippen molar-refractivity contribution in [3.05, 3.63) is 59.1 Å². The number of benzene rings is 2. The van der Waals surface area contributed by atoms with E-state index in [-0.39, 0.29) is 11.4 Å². The molecule has 0 fully saturated rings. The number of hydrogen-bond donors (Lipinski definition) is 1. The van der Waals surface area contributed by atoms with Gasteiger partial charge in [-0.05, 0) is 43.3 Å². The van der Waals surface area contributed by atoms with Gasteiger partial charge in [0.15, 0.2) is 0 Å². The summed E-state index contributed by atoms with van der Waals surface area (Å²) in [7, 11) is -3.60. The molecule has 0 aliphatic heterocycles. The van der Waals surface area contributed by atoms with Gasteiger partial charge < -0.3 is 4.74 Å². The van der Waals surface area contributed by atoms with Crippen LogP contribution in [0.25, 0.3) is 0 Å². The number of nitrogens with one attached hydrogen (secondary N) is 1. The number of rotatable bonds is 5. The number of hydrogen-bond acceptors (Lipinski definition) is 3. The summed E-state index contributed by atoms with van der Waals surface area (Å²) in [5, 5.41) is 0.536. The summed E-state index contributed by atoms with van der Waals surface area (Å²) < 4.78 is 32.0. The summed E-state index contributed by atoms with van der Waals surface area (Å²) in [5.74, 6) is 6.21. The molecule has 2 aromatic carbocycles. The minimum atomic E-state index is -3.60. The van der Waals surface area contributed by atoms with Gasteiger partial charge in [-0.3, -0.25) is 0 Å². The molecule has 23 heavy (non-hydrogen) atoms. The van der Waals surface area contributed by atoms with Crippen LogP contribution in [0.1, 0.15) is 12.5 Å². The fourth-order valence-electron chi connectivity index (χ4n) is 1.80. The van der Waals surface area contributed by atoms with Gasteiger partial charge in [0, 0.05) is 5.56 Å². The quantitative estimate of drug-likeness (QED) is 0.844. The fraction of sp³-hybridized carbons (Fsp3) is 0.176. The van der Waals surface area contributed by atoms with Crippen LogP contribution < -0.4 is 9.46 Å². The van der Waals surface area contributed by atoms with Gasteiger partial charge in [0.1, 0.15) is 5.75 Å². The molecule has 0 heterocycles. The third-order valence-corrected chi connectivity index (χ3v) is 4.64. The van der Waals surface area contributed by atoms with E-state index in [1.807, 2.05) is 19.1 Å². The lowest BCUT2D eigenvalue weighted by Crippen LogP contribution is -2.23. The maximum Gasteiger partial charge on any atom is 0.241 e. The van der Waals surface area contributed by atoms with E-state index in [1.165, 1.54) is 12.1 Å². The van der Waals surface area contributed by atoms with Crippen LogP contribution in [-0.2, 0) is 10.0 Å². The number of ether oxygens (including phenoxy) is 1. The molecule has 0 amide bonds. The standard InChI is InChI=1S/C17H16ClNO3S/c1-2-22-15-9-11-16(12-10-15)23(20,21)19-13-5-7-14-6-3-4-8-17(14)18/h3-4,6,8-12,19H,2,13H2,1H3. The summed E-state index contributed by atoms with van der Waals surface area (Å²) >= 11 is 5.98. The van der Waals surface area contributed by atoms with Gasteiger partial charge in [-0.15, -0.1) is 0 Å². The molecule has 0 aliphatic rings. The first kappa shape index (κ1) is 17.4. The molecule has 0 radical (unpaired) electrons. The topological polar surface area (TPSA) is 55.4 Å². The first-order chi connectivity index (χ1) is 11.0. The largest absolute Gasteiger partial charge is 0.494 e. The average Bonchev–Trinajstić information content (AvgIpc) is 2.54. The predicted octanol–water partition coefficient (Wildman–Crippen LogP) is 3.07. The third kappa shape index (κ3) is 5.00. The van der Waals surface area contributed by atoms with E-state index < -0.39 is 10.0 Å². The highest BCUT2D eigenvalue weighted by Gasteiger charge is 2.12. The first-order valence-corrected chi connectivity index (χ1v) is 8.85. The zero-order valence-corrected chi connectivity index (χ0v) is 14.1. The zero-order valence-electron chi connectivity index (χ0n) is 12.5. The minimum absolute atomic E-state index is 0.000762. The van der Waals surface area contributed by atoms with Crippen molar-refractivity contribution in [2.24, 2.45) is 0 Å². The molecular weight excluding hydrogens is 334 g/mol. The summed E-state index contributed by atoms with van der Waals surface area (Å²) in [5.41, 5.74) is 0.662. The Hall–Kier alpha value is -2.00. The summed E-state index contributed by atoms with van der Waals surface area (Å²) in [6.07, 6.45) is 0. The van der Waals surface area contributed by atoms with Gasteiger partial charge in [-0.25, -0.2) is 8.42 Å². The van der Waals surface area contributed by atoms with E-state index in [4.69, 9.17) is 16.3 Å². The highest BCUT2D eigenvalue weighted by Crippen LogP contribution is 2.16. The SMILES string of the molecule is CCOc1ccc(S(=O)(=O)NCC#Cc2ccccc2Cl)cc1. The molecule has 1 N–H and O–H groups in total. The van der Waals surface area contributed by atoms with Gasteiger partial charge in [-0.1, -0.05) is 35.6 Å². The lowest BCUT2D eigenvalue weighted by Gasteiger charge is -2.06. The van der Waals surface area contributed by atoms with Crippen LogP contribution in [0.2, 0.25) is 5.02 Å². The molecule has 0 aromatic heterocycles. The highest BCUT2D eigenvalue weighted by molar-refractivity contribution is 7.89. The van der Waals surface area contributed by atoms with Crippen LogP contribution >= 0.6 is 11.6 Å². The maximum atomic E-state index is 12.1. The van der Waals surface area contributed by atoms with Crippen molar-refractivity contribution in [1.82, 2.24) is 4.72 Å². The highest BCUT2D eigenvalue weighted by atomic mass is 35.5. The van der Waals surface area contributed by atoms with Crippen molar-refractivity contribution in [2.45, 2.75) is 11.8 Å². The van der Waals surface area contributed by atoms with Crippen LogP contribution in [-0.4, -0.2) is 21.6 Å². The molecule has 0 atom stereocenters. The summed E-state index contributed by atoms with van der Waals surface area (Å²) in [6, 6.07) is 13.4.